The summed E-state index contributed by atoms with van der Waals surface area (Å²) in [6.07, 6.45) is 7.36. The van der Waals surface area contributed by atoms with Gasteiger partial charge in [-0.25, -0.2) is 4.57 Å². The average molecular weight is 201 g/mol. The fraction of sp³-hybridized carbons (Fsp3) is 0.182. The van der Waals surface area contributed by atoms with Gasteiger partial charge in [0.15, 0.2) is 0 Å². The molecule has 0 fully saturated rings. The summed E-state index contributed by atoms with van der Waals surface area (Å²) in [6.45, 7) is 0. The molecule has 76 valence electrons. The van der Waals surface area contributed by atoms with Crippen LogP contribution in [0.3, 0.4) is 0 Å². The predicted octanol–water partition coefficient (Wildman–Crippen LogP) is 0.819. The third kappa shape index (κ3) is 2.10. The second kappa shape index (κ2) is 4.04. The van der Waals surface area contributed by atoms with Gasteiger partial charge in [-0.3, -0.25) is 0 Å². The minimum Gasteiger partial charge on any atom is -0.377 e. The Hall–Kier alpha value is -1.97. The van der Waals surface area contributed by atoms with E-state index in [1.165, 1.54) is 0 Å². The van der Waals surface area contributed by atoms with Crippen LogP contribution in [0.25, 0.3) is 5.95 Å². The Labute approximate surface area is 88.8 Å². The Morgan fingerprint density at radius 2 is 1.67 bits per heavy atom. The summed E-state index contributed by atoms with van der Waals surface area (Å²) in [6, 6.07) is 5.85. The van der Waals surface area contributed by atoms with Crippen molar-refractivity contribution in [1.29, 1.82) is 0 Å². The molecular formula is C11H13N4+. The summed E-state index contributed by atoms with van der Waals surface area (Å²) in [5, 5.41) is 0. The molecule has 2 heterocycles. The minimum absolute atomic E-state index is 0.683. The highest BCUT2D eigenvalue weighted by Crippen LogP contribution is 2.06. The molecule has 2 rings (SSSR count). The third-order valence-electron chi connectivity index (χ3n) is 2.11. The van der Waals surface area contributed by atoms with Crippen LogP contribution in [0.4, 0.5) is 5.69 Å². The summed E-state index contributed by atoms with van der Waals surface area (Å²) >= 11 is 0. The molecule has 2 aromatic rings. The zero-order chi connectivity index (χ0) is 10.7. The van der Waals surface area contributed by atoms with E-state index in [0.717, 1.165) is 5.69 Å². The van der Waals surface area contributed by atoms with Crippen LogP contribution >= 0.6 is 0 Å². The van der Waals surface area contributed by atoms with Gasteiger partial charge in [-0.05, 0) is 12.1 Å². The van der Waals surface area contributed by atoms with Gasteiger partial charge in [-0.1, -0.05) is 9.97 Å². The van der Waals surface area contributed by atoms with Crippen LogP contribution in [0.1, 0.15) is 0 Å². The lowest BCUT2D eigenvalue weighted by Crippen LogP contribution is -2.32. The van der Waals surface area contributed by atoms with Crippen molar-refractivity contribution < 1.29 is 4.57 Å². The molecule has 0 saturated carbocycles. The van der Waals surface area contributed by atoms with Gasteiger partial charge in [0.05, 0.1) is 12.4 Å². The molecule has 0 amide bonds. The van der Waals surface area contributed by atoms with Gasteiger partial charge in [0.2, 0.25) is 0 Å². The van der Waals surface area contributed by atoms with E-state index in [-0.39, 0.29) is 0 Å². The van der Waals surface area contributed by atoms with Crippen LogP contribution in [0.15, 0.2) is 43.0 Å². The minimum atomic E-state index is 0.683. The van der Waals surface area contributed by atoms with Gasteiger partial charge < -0.3 is 4.90 Å². The van der Waals surface area contributed by atoms with Gasteiger partial charge in [0.25, 0.3) is 0 Å². The maximum Gasteiger partial charge on any atom is 0.437 e. The first kappa shape index (κ1) is 9.58. The van der Waals surface area contributed by atoms with Crippen molar-refractivity contribution in [2.75, 3.05) is 19.0 Å². The van der Waals surface area contributed by atoms with Crippen molar-refractivity contribution in [2.45, 2.75) is 0 Å². The molecule has 4 nitrogen and oxygen atoms in total. The van der Waals surface area contributed by atoms with E-state index in [2.05, 4.69) is 14.9 Å². The first-order valence-electron chi connectivity index (χ1n) is 4.73. The monoisotopic (exact) mass is 201 g/mol. The molecular weight excluding hydrogens is 188 g/mol. The number of hydrogen-bond donors (Lipinski definition) is 0. The molecule has 0 aromatic carbocycles. The fourth-order valence-corrected chi connectivity index (χ4v) is 1.27. The van der Waals surface area contributed by atoms with Crippen LogP contribution in [0.5, 0.6) is 0 Å². The Bertz CT molecular complexity index is 422. The van der Waals surface area contributed by atoms with Gasteiger partial charge in [0, 0.05) is 25.8 Å². The lowest BCUT2D eigenvalue weighted by molar-refractivity contribution is -0.603. The Morgan fingerprint density at radius 1 is 1.07 bits per heavy atom. The van der Waals surface area contributed by atoms with Gasteiger partial charge >= 0.3 is 5.95 Å². The number of nitrogens with zero attached hydrogens (tertiary/aromatic N) is 4. The zero-order valence-corrected chi connectivity index (χ0v) is 8.83. The van der Waals surface area contributed by atoms with E-state index in [1.54, 1.807) is 18.5 Å². The number of anilines is 1. The summed E-state index contributed by atoms with van der Waals surface area (Å²) in [7, 11) is 4.03. The molecule has 0 saturated heterocycles. The van der Waals surface area contributed by atoms with Crippen molar-refractivity contribution in [1.82, 2.24) is 9.97 Å². The smallest absolute Gasteiger partial charge is 0.377 e. The number of hydrogen-bond acceptors (Lipinski definition) is 3. The van der Waals surface area contributed by atoms with Crippen molar-refractivity contribution >= 4 is 5.69 Å². The molecule has 4 heteroatoms. The molecule has 0 aliphatic heterocycles. The second-order valence-corrected chi connectivity index (χ2v) is 3.41. The third-order valence-corrected chi connectivity index (χ3v) is 2.11. The summed E-state index contributed by atoms with van der Waals surface area (Å²) in [5.74, 6) is 0.683. The molecule has 0 bridgehead atoms. The molecule has 0 N–H and O–H groups in total. The van der Waals surface area contributed by atoms with E-state index in [9.17, 15) is 0 Å². The van der Waals surface area contributed by atoms with Crippen LogP contribution < -0.4 is 9.47 Å². The number of pyridine rings is 1. The summed E-state index contributed by atoms with van der Waals surface area (Å²) in [4.78, 5) is 10.4. The van der Waals surface area contributed by atoms with Gasteiger partial charge in [0.1, 0.15) is 12.4 Å². The highest BCUT2D eigenvalue weighted by molar-refractivity contribution is 5.41. The molecule has 0 unspecified atom stereocenters. The Morgan fingerprint density at radius 3 is 2.20 bits per heavy atom. The van der Waals surface area contributed by atoms with E-state index >= 15 is 0 Å². The standard InChI is InChI=1S/C11H13N4/c1-14(2)10-4-8-15(9-5-10)11-12-6-3-7-13-11/h3-9H,1-2H3/q+1. The predicted molar refractivity (Wildman–Crippen MR) is 57.9 cm³/mol. The van der Waals surface area contributed by atoms with Crippen LogP contribution in [-0.2, 0) is 0 Å². The molecule has 0 aliphatic rings. The van der Waals surface area contributed by atoms with Crippen molar-refractivity contribution in [3.05, 3.63) is 43.0 Å². The number of rotatable bonds is 2. The van der Waals surface area contributed by atoms with E-state index in [0.29, 0.717) is 5.95 Å². The molecule has 0 radical (unpaired) electrons. The first-order chi connectivity index (χ1) is 7.27. The van der Waals surface area contributed by atoms with Crippen molar-refractivity contribution in [3.8, 4) is 5.95 Å². The lowest BCUT2D eigenvalue weighted by atomic mass is 10.4. The normalized spacial score (nSPS) is 10.0. The van der Waals surface area contributed by atoms with Crippen molar-refractivity contribution in [2.24, 2.45) is 0 Å². The van der Waals surface area contributed by atoms with Crippen LogP contribution in [0.2, 0.25) is 0 Å². The van der Waals surface area contributed by atoms with E-state index < -0.39 is 0 Å². The molecule has 0 aliphatic carbocycles. The molecule has 0 atom stereocenters. The quantitative estimate of drug-likeness (QED) is 0.674. The summed E-state index contributed by atoms with van der Waals surface area (Å²) in [5.41, 5.74) is 1.15. The SMILES string of the molecule is CN(C)c1cc[n+](-c2ncccn2)cc1. The van der Waals surface area contributed by atoms with E-state index in [1.807, 2.05) is 43.2 Å². The highest BCUT2D eigenvalue weighted by Gasteiger charge is 2.06. The average Bonchev–Trinajstić information content (AvgIpc) is 2.30. The van der Waals surface area contributed by atoms with Gasteiger partial charge in [-0.15, -0.1) is 0 Å². The maximum atomic E-state index is 4.16. The highest BCUT2D eigenvalue weighted by atomic mass is 15.1. The summed E-state index contributed by atoms with van der Waals surface area (Å²) < 4.78 is 1.88. The van der Waals surface area contributed by atoms with Crippen LogP contribution in [0, 0.1) is 0 Å². The maximum absolute atomic E-state index is 4.16. The molecule has 0 spiro atoms. The molecule has 2 aromatic heterocycles. The van der Waals surface area contributed by atoms with E-state index in [4.69, 9.17) is 0 Å². The zero-order valence-electron chi connectivity index (χ0n) is 8.83. The molecule has 15 heavy (non-hydrogen) atoms. The largest absolute Gasteiger partial charge is 0.437 e. The fourth-order valence-electron chi connectivity index (χ4n) is 1.27. The Kier molecular flexibility index (Phi) is 2.58. The first-order valence-corrected chi connectivity index (χ1v) is 4.73. The van der Waals surface area contributed by atoms with Crippen LogP contribution in [-0.4, -0.2) is 24.1 Å². The second-order valence-electron chi connectivity index (χ2n) is 3.41. The van der Waals surface area contributed by atoms with Crippen molar-refractivity contribution in [3.63, 3.8) is 0 Å². The Balaban J connectivity index is 2.32. The number of aromatic nitrogens is 3. The topological polar surface area (TPSA) is 32.9 Å². The lowest BCUT2D eigenvalue weighted by Gasteiger charge is -2.11. The van der Waals surface area contributed by atoms with Gasteiger partial charge in [-0.2, -0.15) is 0 Å².